The monoisotopic (exact) mass is 405 g/mol. The molecule has 2 rings (SSSR count). The van der Waals surface area contributed by atoms with Crippen molar-refractivity contribution in [2.75, 3.05) is 5.32 Å². The van der Waals surface area contributed by atoms with Gasteiger partial charge in [0.05, 0.1) is 16.9 Å². The van der Waals surface area contributed by atoms with Crippen LogP contribution in [0.25, 0.3) is 0 Å². The molecule has 0 bridgehead atoms. The zero-order valence-corrected chi connectivity index (χ0v) is 16.6. The minimum atomic E-state index is -0.345. The molecule has 0 atom stereocenters. The first-order valence-electron chi connectivity index (χ1n) is 8.52. The third kappa shape index (κ3) is 7.04. The summed E-state index contributed by atoms with van der Waals surface area (Å²) in [6.07, 6.45) is 1.60. The Balaban J connectivity index is 1.76. The fourth-order valence-electron chi connectivity index (χ4n) is 2.23. The summed E-state index contributed by atoms with van der Waals surface area (Å²) in [5.74, 6) is -0.199. The maximum atomic E-state index is 11.9. The number of halogens is 2. The second-order valence-corrected chi connectivity index (χ2v) is 7.13. The molecule has 0 aliphatic carbocycles. The topological polar surface area (TPSA) is 70.6 Å². The average molecular weight is 406 g/mol. The van der Waals surface area contributed by atoms with E-state index in [2.05, 4.69) is 29.7 Å². The van der Waals surface area contributed by atoms with Crippen LogP contribution in [0.4, 0.5) is 5.69 Å². The highest BCUT2D eigenvalue weighted by molar-refractivity contribution is 6.36. The van der Waals surface area contributed by atoms with Gasteiger partial charge in [0, 0.05) is 17.9 Å². The Labute approximate surface area is 168 Å². The van der Waals surface area contributed by atoms with Gasteiger partial charge in [-0.15, -0.1) is 0 Å². The van der Waals surface area contributed by atoms with Gasteiger partial charge in [-0.05, 0) is 35.2 Å². The van der Waals surface area contributed by atoms with Crippen LogP contribution in [0.15, 0.2) is 47.6 Å². The average Bonchev–Trinajstić information content (AvgIpc) is 2.63. The minimum absolute atomic E-state index is 0.0146. The van der Waals surface area contributed by atoms with E-state index >= 15 is 0 Å². The smallest absolute Gasteiger partial charge is 0.240 e. The molecular formula is C20H21Cl2N3O2. The lowest BCUT2D eigenvalue weighted by molar-refractivity contribution is -0.124. The Kier molecular flexibility index (Phi) is 7.82. The summed E-state index contributed by atoms with van der Waals surface area (Å²) in [6.45, 7) is 4.25. The van der Waals surface area contributed by atoms with Crippen LogP contribution < -0.4 is 10.7 Å². The van der Waals surface area contributed by atoms with Crippen LogP contribution in [-0.2, 0) is 9.59 Å². The summed E-state index contributed by atoms with van der Waals surface area (Å²) in [4.78, 5) is 23.7. The Morgan fingerprint density at radius 3 is 2.33 bits per heavy atom. The van der Waals surface area contributed by atoms with E-state index in [-0.39, 0.29) is 24.7 Å². The first-order valence-corrected chi connectivity index (χ1v) is 9.27. The normalized spacial score (nSPS) is 11.0. The van der Waals surface area contributed by atoms with Crippen molar-refractivity contribution in [1.29, 1.82) is 0 Å². The van der Waals surface area contributed by atoms with Crippen LogP contribution in [0.2, 0.25) is 10.0 Å². The molecule has 0 aliphatic rings. The van der Waals surface area contributed by atoms with Gasteiger partial charge >= 0.3 is 0 Å². The quantitative estimate of drug-likeness (QED) is 0.503. The number of nitrogens with one attached hydrogen (secondary N) is 2. The molecule has 0 spiro atoms. The zero-order valence-electron chi connectivity index (χ0n) is 15.1. The Morgan fingerprint density at radius 2 is 1.70 bits per heavy atom. The Morgan fingerprint density at radius 1 is 1.04 bits per heavy atom. The number of amides is 2. The van der Waals surface area contributed by atoms with E-state index in [1.54, 1.807) is 18.3 Å². The maximum Gasteiger partial charge on any atom is 0.240 e. The molecule has 0 heterocycles. The van der Waals surface area contributed by atoms with Gasteiger partial charge in [-0.1, -0.05) is 61.3 Å². The van der Waals surface area contributed by atoms with E-state index in [4.69, 9.17) is 23.2 Å². The molecule has 0 unspecified atom stereocenters. The van der Waals surface area contributed by atoms with E-state index < -0.39 is 0 Å². The van der Waals surface area contributed by atoms with Crippen LogP contribution in [0.1, 0.15) is 43.7 Å². The number of rotatable bonds is 7. The lowest BCUT2D eigenvalue weighted by atomic mass is 10.0. The SMILES string of the molecule is CC(C)c1ccc(C=NNC(=O)CCC(=O)Nc2ccc(Cl)cc2Cl)cc1. The number of hydrogen-bond donors (Lipinski definition) is 2. The molecule has 0 fully saturated rings. The zero-order chi connectivity index (χ0) is 19.8. The van der Waals surface area contributed by atoms with Gasteiger partial charge < -0.3 is 5.32 Å². The number of hydrogen-bond acceptors (Lipinski definition) is 3. The van der Waals surface area contributed by atoms with Gasteiger partial charge in [0.2, 0.25) is 11.8 Å². The predicted molar refractivity (Wildman–Crippen MR) is 111 cm³/mol. The summed E-state index contributed by atoms with van der Waals surface area (Å²) in [5, 5.41) is 7.37. The molecule has 0 radical (unpaired) electrons. The molecule has 142 valence electrons. The Bertz CT molecular complexity index is 834. The highest BCUT2D eigenvalue weighted by atomic mass is 35.5. The van der Waals surface area contributed by atoms with E-state index in [0.29, 0.717) is 21.7 Å². The van der Waals surface area contributed by atoms with E-state index in [1.807, 2.05) is 24.3 Å². The largest absolute Gasteiger partial charge is 0.325 e. The fraction of sp³-hybridized carbons (Fsp3) is 0.250. The number of carbonyl (C=O) groups is 2. The van der Waals surface area contributed by atoms with Crippen molar-refractivity contribution in [3.63, 3.8) is 0 Å². The molecule has 0 aliphatic heterocycles. The molecule has 27 heavy (non-hydrogen) atoms. The number of nitrogens with zero attached hydrogens (tertiary/aromatic N) is 1. The van der Waals surface area contributed by atoms with Crippen molar-refractivity contribution < 1.29 is 9.59 Å². The van der Waals surface area contributed by atoms with Crippen molar-refractivity contribution >= 4 is 46.9 Å². The van der Waals surface area contributed by atoms with Crippen molar-refractivity contribution in [3.05, 3.63) is 63.6 Å². The van der Waals surface area contributed by atoms with E-state index in [1.165, 1.54) is 11.6 Å². The van der Waals surface area contributed by atoms with Crippen LogP contribution >= 0.6 is 23.2 Å². The van der Waals surface area contributed by atoms with Crippen molar-refractivity contribution in [1.82, 2.24) is 5.43 Å². The van der Waals surface area contributed by atoms with Crippen LogP contribution in [0, 0.1) is 0 Å². The number of benzene rings is 2. The first kappa shape index (κ1) is 20.9. The molecule has 0 aromatic heterocycles. The molecule has 2 aromatic rings. The molecule has 2 aromatic carbocycles. The van der Waals surface area contributed by atoms with Crippen LogP contribution in [0.3, 0.4) is 0 Å². The van der Waals surface area contributed by atoms with Gasteiger partial charge in [0.15, 0.2) is 0 Å². The van der Waals surface area contributed by atoms with Gasteiger partial charge in [-0.2, -0.15) is 5.10 Å². The number of anilines is 1. The Hall–Kier alpha value is -2.37. The van der Waals surface area contributed by atoms with Crippen LogP contribution in [-0.4, -0.2) is 18.0 Å². The summed E-state index contributed by atoms with van der Waals surface area (Å²) < 4.78 is 0. The van der Waals surface area contributed by atoms with E-state index in [0.717, 1.165) is 5.56 Å². The summed E-state index contributed by atoms with van der Waals surface area (Å²) in [6, 6.07) is 12.7. The summed E-state index contributed by atoms with van der Waals surface area (Å²) in [7, 11) is 0. The van der Waals surface area contributed by atoms with Crippen molar-refractivity contribution in [2.45, 2.75) is 32.6 Å². The van der Waals surface area contributed by atoms with Crippen molar-refractivity contribution in [3.8, 4) is 0 Å². The highest BCUT2D eigenvalue weighted by Gasteiger charge is 2.09. The second kappa shape index (κ2) is 10.1. The van der Waals surface area contributed by atoms with Crippen molar-refractivity contribution in [2.24, 2.45) is 5.10 Å². The highest BCUT2D eigenvalue weighted by Crippen LogP contribution is 2.25. The van der Waals surface area contributed by atoms with Gasteiger partial charge in [0.25, 0.3) is 0 Å². The summed E-state index contributed by atoms with van der Waals surface area (Å²) >= 11 is 11.8. The van der Waals surface area contributed by atoms with Crippen LogP contribution in [0.5, 0.6) is 0 Å². The molecule has 0 saturated carbocycles. The predicted octanol–water partition coefficient (Wildman–Crippen LogP) is 4.99. The fourth-order valence-corrected chi connectivity index (χ4v) is 2.69. The van der Waals surface area contributed by atoms with Gasteiger partial charge in [0.1, 0.15) is 0 Å². The maximum absolute atomic E-state index is 11.9. The third-order valence-corrected chi connectivity index (χ3v) is 4.34. The molecule has 2 amide bonds. The first-order chi connectivity index (χ1) is 12.8. The van der Waals surface area contributed by atoms with Gasteiger partial charge in [-0.3, -0.25) is 9.59 Å². The standard InChI is InChI=1S/C20H21Cl2N3O2/c1-13(2)15-5-3-14(4-6-15)12-23-25-20(27)10-9-19(26)24-18-8-7-16(21)11-17(18)22/h3-8,11-13H,9-10H2,1-2H3,(H,24,26)(H,25,27). The number of hydrazone groups is 1. The van der Waals surface area contributed by atoms with Gasteiger partial charge in [-0.25, -0.2) is 5.43 Å². The summed E-state index contributed by atoms with van der Waals surface area (Å²) in [5.41, 5.74) is 4.99. The lowest BCUT2D eigenvalue weighted by Gasteiger charge is -2.07. The molecule has 0 saturated heterocycles. The second-order valence-electron chi connectivity index (χ2n) is 6.29. The molecule has 2 N–H and O–H groups in total. The lowest BCUT2D eigenvalue weighted by Crippen LogP contribution is -2.20. The third-order valence-electron chi connectivity index (χ3n) is 3.79. The molecular weight excluding hydrogens is 385 g/mol. The number of carbonyl (C=O) groups excluding carboxylic acids is 2. The molecule has 7 heteroatoms. The van der Waals surface area contributed by atoms with E-state index in [9.17, 15) is 9.59 Å². The minimum Gasteiger partial charge on any atom is -0.325 e. The molecule has 5 nitrogen and oxygen atoms in total.